The fourth-order valence-electron chi connectivity index (χ4n) is 5.85. The highest BCUT2D eigenvalue weighted by molar-refractivity contribution is 5.92. The molecule has 0 N–H and O–H groups in total. The lowest BCUT2D eigenvalue weighted by molar-refractivity contribution is -0.134. The first-order chi connectivity index (χ1) is 17.5. The molecule has 5 rings (SSSR count). The lowest BCUT2D eigenvalue weighted by Crippen LogP contribution is -2.45. The monoisotopic (exact) mass is 488 g/mol. The van der Waals surface area contributed by atoms with Gasteiger partial charge in [-0.05, 0) is 74.3 Å². The Labute approximate surface area is 213 Å². The van der Waals surface area contributed by atoms with Crippen molar-refractivity contribution in [2.24, 2.45) is 5.41 Å². The number of ether oxygens (including phenoxy) is 2. The molecule has 3 fully saturated rings. The zero-order chi connectivity index (χ0) is 25.2. The highest BCUT2D eigenvalue weighted by Gasteiger charge is 2.55. The summed E-state index contributed by atoms with van der Waals surface area (Å²) in [6, 6.07) is 15.8. The van der Waals surface area contributed by atoms with Crippen molar-refractivity contribution in [3.8, 4) is 11.5 Å². The van der Waals surface area contributed by atoms with Crippen LogP contribution in [0.15, 0.2) is 54.6 Å². The Balaban J connectivity index is 1.17. The van der Waals surface area contributed by atoms with Crippen LogP contribution in [0, 0.1) is 5.41 Å². The van der Waals surface area contributed by atoms with Crippen LogP contribution < -0.4 is 9.47 Å². The van der Waals surface area contributed by atoms with Gasteiger partial charge in [0.05, 0.1) is 19.1 Å². The Hall–Kier alpha value is -3.28. The third-order valence-corrected chi connectivity index (χ3v) is 8.29. The fourth-order valence-corrected chi connectivity index (χ4v) is 5.85. The quantitative estimate of drug-likeness (QED) is 0.531. The molecular formula is C30H36N2O4. The standard InChI is InChI=1S/C30H36N2O4/c1-3-36-26-7-5-4-6-23(26)8-13-27(33)31-19-16-29(17-20-31)18-21-32(22-29)28(34)30(14-15-30)24-9-11-25(35-2)12-10-24/h4-13H,3,14-22H2,1-2H3. The van der Waals surface area contributed by atoms with Crippen LogP contribution in [0.25, 0.3) is 6.08 Å². The van der Waals surface area contributed by atoms with Crippen LogP contribution in [0.3, 0.4) is 0 Å². The molecule has 1 saturated carbocycles. The van der Waals surface area contributed by atoms with Gasteiger partial charge in [-0.1, -0.05) is 30.3 Å². The predicted molar refractivity (Wildman–Crippen MR) is 140 cm³/mol. The third kappa shape index (κ3) is 4.73. The number of amides is 2. The van der Waals surface area contributed by atoms with E-state index >= 15 is 0 Å². The molecule has 0 atom stereocenters. The second-order valence-electron chi connectivity index (χ2n) is 10.4. The lowest BCUT2D eigenvalue weighted by atomic mass is 9.77. The first-order valence-electron chi connectivity index (χ1n) is 13.1. The number of likely N-dealkylation sites (tertiary alicyclic amines) is 2. The molecule has 2 aromatic carbocycles. The summed E-state index contributed by atoms with van der Waals surface area (Å²) in [6.07, 6.45) is 8.26. The summed E-state index contributed by atoms with van der Waals surface area (Å²) in [6.45, 7) is 5.65. The van der Waals surface area contributed by atoms with Gasteiger partial charge >= 0.3 is 0 Å². The predicted octanol–water partition coefficient (Wildman–Crippen LogP) is 4.68. The topological polar surface area (TPSA) is 59.1 Å². The number of carbonyl (C=O) groups is 2. The van der Waals surface area contributed by atoms with Crippen molar-refractivity contribution in [3.63, 3.8) is 0 Å². The Bertz CT molecular complexity index is 1130. The number of methoxy groups -OCH3 is 1. The number of hydrogen-bond acceptors (Lipinski definition) is 4. The number of benzene rings is 2. The normalized spacial score (nSPS) is 20.1. The van der Waals surface area contributed by atoms with Gasteiger partial charge in [0.2, 0.25) is 11.8 Å². The molecule has 0 radical (unpaired) electrons. The molecule has 0 aromatic heterocycles. The summed E-state index contributed by atoms with van der Waals surface area (Å²) in [7, 11) is 1.66. The van der Waals surface area contributed by atoms with Crippen molar-refractivity contribution in [3.05, 3.63) is 65.7 Å². The molecule has 190 valence electrons. The molecule has 3 aliphatic rings. The van der Waals surface area contributed by atoms with Crippen molar-refractivity contribution in [1.29, 1.82) is 0 Å². The van der Waals surface area contributed by atoms with E-state index in [1.165, 1.54) is 0 Å². The second-order valence-corrected chi connectivity index (χ2v) is 10.4. The van der Waals surface area contributed by atoms with Crippen molar-refractivity contribution in [2.45, 2.75) is 44.4 Å². The van der Waals surface area contributed by atoms with Gasteiger partial charge in [0.25, 0.3) is 0 Å². The van der Waals surface area contributed by atoms with Gasteiger partial charge in [-0.25, -0.2) is 0 Å². The lowest BCUT2D eigenvalue weighted by Gasteiger charge is -2.39. The molecule has 2 aromatic rings. The number of carbonyl (C=O) groups excluding carboxylic acids is 2. The molecule has 1 aliphatic carbocycles. The highest BCUT2D eigenvalue weighted by atomic mass is 16.5. The Morgan fingerprint density at radius 2 is 1.58 bits per heavy atom. The Kier molecular flexibility index (Phi) is 6.78. The van der Waals surface area contributed by atoms with E-state index in [-0.39, 0.29) is 22.6 Å². The van der Waals surface area contributed by atoms with Crippen LogP contribution in [0.1, 0.15) is 50.2 Å². The number of hydrogen-bond donors (Lipinski definition) is 0. The zero-order valence-electron chi connectivity index (χ0n) is 21.4. The largest absolute Gasteiger partial charge is 0.497 e. The molecule has 2 aliphatic heterocycles. The third-order valence-electron chi connectivity index (χ3n) is 8.29. The van der Waals surface area contributed by atoms with Gasteiger partial charge < -0.3 is 19.3 Å². The van der Waals surface area contributed by atoms with Crippen molar-refractivity contribution < 1.29 is 19.1 Å². The zero-order valence-corrected chi connectivity index (χ0v) is 21.4. The summed E-state index contributed by atoms with van der Waals surface area (Å²) in [5.74, 6) is 1.93. The van der Waals surface area contributed by atoms with E-state index in [0.717, 1.165) is 80.9 Å². The summed E-state index contributed by atoms with van der Waals surface area (Å²) in [5.41, 5.74) is 1.80. The molecule has 6 nitrogen and oxygen atoms in total. The molecule has 2 saturated heterocycles. The van der Waals surface area contributed by atoms with Crippen LogP contribution in [0.4, 0.5) is 0 Å². The summed E-state index contributed by atoms with van der Waals surface area (Å²) in [4.78, 5) is 30.5. The minimum atomic E-state index is -0.350. The molecule has 1 spiro atoms. The number of para-hydroxylation sites is 1. The minimum Gasteiger partial charge on any atom is -0.497 e. The van der Waals surface area contributed by atoms with Gasteiger partial charge in [0, 0.05) is 37.8 Å². The van der Waals surface area contributed by atoms with E-state index in [0.29, 0.717) is 6.61 Å². The molecule has 2 amide bonds. The second kappa shape index (κ2) is 10.00. The average Bonchev–Trinajstić information content (AvgIpc) is 3.63. The molecular weight excluding hydrogens is 452 g/mol. The van der Waals surface area contributed by atoms with Gasteiger partial charge in [-0.15, -0.1) is 0 Å². The van der Waals surface area contributed by atoms with Crippen LogP contribution in [-0.4, -0.2) is 61.5 Å². The van der Waals surface area contributed by atoms with E-state index < -0.39 is 0 Å². The van der Waals surface area contributed by atoms with E-state index in [1.54, 1.807) is 13.2 Å². The van der Waals surface area contributed by atoms with Crippen LogP contribution in [0.5, 0.6) is 11.5 Å². The summed E-state index contributed by atoms with van der Waals surface area (Å²) >= 11 is 0. The van der Waals surface area contributed by atoms with Crippen LogP contribution in [0.2, 0.25) is 0 Å². The van der Waals surface area contributed by atoms with Crippen LogP contribution in [-0.2, 0) is 15.0 Å². The van der Waals surface area contributed by atoms with Crippen molar-refractivity contribution in [2.75, 3.05) is 39.9 Å². The highest BCUT2D eigenvalue weighted by Crippen LogP contribution is 2.51. The first kappa shape index (κ1) is 24.4. The number of rotatable bonds is 7. The van der Waals surface area contributed by atoms with E-state index in [9.17, 15) is 9.59 Å². The first-order valence-corrected chi connectivity index (χ1v) is 13.1. The Morgan fingerprint density at radius 1 is 0.917 bits per heavy atom. The summed E-state index contributed by atoms with van der Waals surface area (Å²) in [5, 5.41) is 0. The van der Waals surface area contributed by atoms with Gasteiger partial charge in [-0.2, -0.15) is 0 Å². The average molecular weight is 489 g/mol. The number of piperidine rings is 1. The molecule has 2 heterocycles. The number of nitrogens with zero attached hydrogens (tertiary/aromatic N) is 2. The van der Waals surface area contributed by atoms with E-state index in [2.05, 4.69) is 4.90 Å². The van der Waals surface area contributed by atoms with Gasteiger partial charge in [0.1, 0.15) is 11.5 Å². The van der Waals surface area contributed by atoms with Gasteiger partial charge in [-0.3, -0.25) is 9.59 Å². The maximum atomic E-state index is 13.6. The molecule has 0 unspecified atom stereocenters. The van der Waals surface area contributed by atoms with Crippen LogP contribution >= 0.6 is 0 Å². The van der Waals surface area contributed by atoms with Gasteiger partial charge in [0.15, 0.2) is 0 Å². The Morgan fingerprint density at radius 3 is 2.22 bits per heavy atom. The fraction of sp³-hybridized carbons (Fsp3) is 0.467. The maximum Gasteiger partial charge on any atom is 0.246 e. The molecule has 6 heteroatoms. The maximum absolute atomic E-state index is 13.6. The SMILES string of the molecule is CCOc1ccccc1C=CC(=O)N1CCC2(CC1)CCN(C(=O)C1(c3ccc(OC)cc3)CC1)C2. The molecule has 36 heavy (non-hydrogen) atoms. The molecule has 0 bridgehead atoms. The van der Waals surface area contributed by atoms with Crippen molar-refractivity contribution >= 4 is 17.9 Å². The van der Waals surface area contributed by atoms with Crippen molar-refractivity contribution in [1.82, 2.24) is 9.80 Å². The summed E-state index contributed by atoms with van der Waals surface area (Å²) < 4.78 is 10.9. The minimum absolute atomic E-state index is 0.0403. The van der Waals surface area contributed by atoms with E-state index in [4.69, 9.17) is 9.47 Å². The van der Waals surface area contributed by atoms with E-state index in [1.807, 2.05) is 66.4 Å². The smallest absolute Gasteiger partial charge is 0.246 e.